The minimum atomic E-state index is -4.46. The Labute approximate surface area is 93.1 Å². The lowest BCUT2D eigenvalue weighted by atomic mass is 10.6. The summed E-state index contributed by atoms with van der Waals surface area (Å²) in [6.45, 7) is 1.97. The molecule has 0 atom stereocenters. The summed E-state index contributed by atoms with van der Waals surface area (Å²) in [7, 11) is 0. The highest BCUT2D eigenvalue weighted by Gasteiger charge is 2.35. The zero-order valence-electron chi connectivity index (χ0n) is 8.26. The Kier molecular flexibility index (Phi) is 4.05. The number of anilines is 1. The van der Waals surface area contributed by atoms with Crippen LogP contribution < -0.4 is 10.6 Å². The third-order valence-electron chi connectivity index (χ3n) is 1.44. The van der Waals surface area contributed by atoms with Gasteiger partial charge >= 0.3 is 6.18 Å². The molecule has 1 amide bonds. The number of halogens is 3. The van der Waals surface area contributed by atoms with Crippen LogP contribution >= 0.6 is 11.3 Å². The highest BCUT2D eigenvalue weighted by Crippen LogP contribution is 2.32. The molecule has 0 saturated heterocycles. The predicted octanol–water partition coefficient (Wildman–Crippen LogP) is 1.10. The van der Waals surface area contributed by atoms with Crippen molar-refractivity contribution >= 4 is 22.4 Å². The molecule has 1 aromatic heterocycles. The Balaban J connectivity index is 2.38. The average Bonchev–Trinajstić information content (AvgIpc) is 2.59. The second-order valence-corrected chi connectivity index (χ2v) is 3.80. The number of aromatic nitrogens is 2. The number of nitrogens with zero attached hydrogens (tertiary/aromatic N) is 2. The quantitative estimate of drug-likeness (QED) is 0.790. The molecule has 0 aromatic carbocycles. The van der Waals surface area contributed by atoms with Gasteiger partial charge in [0.05, 0.1) is 0 Å². The van der Waals surface area contributed by atoms with Crippen LogP contribution in [0.4, 0.5) is 18.3 Å². The molecule has 0 fully saturated rings. The maximum atomic E-state index is 12.1. The predicted molar refractivity (Wildman–Crippen MR) is 52.1 cm³/mol. The Morgan fingerprint density at radius 1 is 1.38 bits per heavy atom. The summed E-state index contributed by atoms with van der Waals surface area (Å²) < 4.78 is 36.4. The van der Waals surface area contributed by atoms with Gasteiger partial charge in [-0.2, -0.15) is 13.2 Å². The zero-order valence-corrected chi connectivity index (χ0v) is 9.08. The van der Waals surface area contributed by atoms with Crippen molar-refractivity contribution in [1.29, 1.82) is 0 Å². The smallest absolute Gasteiger partial charge is 0.358 e. The van der Waals surface area contributed by atoms with Gasteiger partial charge in [-0.05, 0) is 0 Å². The summed E-state index contributed by atoms with van der Waals surface area (Å²) in [5.41, 5.74) is 0. The molecule has 0 aliphatic heterocycles. The van der Waals surface area contributed by atoms with E-state index in [2.05, 4.69) is 20.8 Å². The fourth-order valence-electron chi connectivity index (χ4n) is 0.817. The van der Waals surface area contributed by atoms with Crippen molar-refractivity contribution in [1.82, 2.24) is 15.5 Å². The van der Waals surface area contributed by atoms with Crippen LogP contribution in [-0.2, 0) is 11.0 Å². The topological polar surface area (TPSA) is 66.9 Å². The molecule has 0 saturated carbocycles. The first-order chi connectivity index (χ1) is 7.39. The monoisotopic (exact) mass is 254 g/mol. The summed E-state index contributed by atoms with van der Waals surface area (Å²) in [5, 5.41) is 10.5. The largest absolute Gasteiger partial charge is 0.445 e. The number of hydrogen-bond acceptors (Lipinski definition) is 5. The van der Waals surface area contributed by atoms with Crippen molar-refractivity contribution in [3.8, 4) is 0 Å². The molecule has 0 bridgehead atoms. The van der Waals surface area contributed by atoms with Crippen LogP contribution in [0, 0.1) is 0 Å². The van der Waals surface area contributed by atoms with Crippen LogP contribution in [0.15, 0.2) is 0 Å². The molecule has 0 aliphatic carbocycles. The summed E-state index contributed by atoms with van der Waals surface area (Å²) in [5.74, 6) is -0.199. The Bertz CT molecular complexity index is 365. The van der Waals surface area contributed by atoms with Crippen LogP contribution in [0.2, 0.25) is 0 Å². The molecular weight excluding hydrogens is 245 g/mol. The van der Waals surface area contributed by atoms with Crippen LogP contribution in [0.3, 0.4) is 0 Å². The van der Waals surface area contributed by atoms with Crippen LogP contribution in [0.25, 0.3) is 0 Å². The highest BCUT2D eigenvalue weighted by atomic mass is 32.1. The first kappa shape index (κ1) is 12.7. The van der Waals surface area contributed by atoms with E-state index >= 15 is 0 Å². The second kappa shape index (κ2) is 5.10. The first-order valence-electron chi connectivity index (χ1n) is 4.28. The van der Waals surface area contributed by atoms with Gasteiger partial charge in [-0.25, -0.2) is 0 Å². The fourth-order valence-corrected chi connectivity index (χ4v) is 1.45. The maximum Gasteiger partial charge on any atom is 0.445 e. The van der Waals surface area contributed by atoms with Gasteiger partial charge in [0, 0.05) is 20.0 Å². The summed E-state index contributed by atoms with van der Waals surface area (Å²) in [6, 6.07) is 0. The summed E-state index contributed by atoms with van der Waals surface area (Å²) in [6.07, 6.45) is -4.46. The van der Waals surface area contributed by atoms with Gasteiger partial charge in [0.15, 0.2) is 0 Å². The van der Waals surface area contributed by atoms with Gasteiger partial charge in [-0.3, -0.25) is 4.79 Å². The SMILES string of the molecule is CC(=O)NCCNc1nnc(C(F)(F)F)s1. The number of amides is 1. The van der Waals surface area contributed by atoms with E-state index in [0.29, 0.717) is 24.4 Å². The number of carbonyl (C=O) groups excluding carboxylic acids is 1. The minimum absolute atomic E-state index is 0.0812. The van der Waals surface area contributed by atoms with Crippen molar-refractivity contribution in [3.05, 3.63) is 5.01 Å². The number of rotatable bonds is 4. The van der Waals surface area contributed by atoms with E-state index < -0.39 is 11.2 Å². The Morgan fingerprint density at radius 2 is 2.06 bits per heavy atom. The van der Waals surface area contributed by atoms with E-state index in [4.69, 9.17) is 0 Å². The standard InChI is InChI=1S/C7H9F3N4OS/c1-4(15)11-2-3-12-6-14-13-5(16-6)7(8,9)10/h2-3H2,1H3,(H,11,15)(H,12,14). The lowest BCUT2D eigenvalue weighted by Crippen LogP contribution is -2.26. The van der Waals surface area contributed by atoms with Crippen LogP contribution in [0.1, 0.15) is 11.9 Å². The van der Waals surface area contributed by atoms with Crippen LogP contribution in [-0.4, -0.2) is 29.2 Å². The van der Waals surface area contributed by atoms with E-state index in [1.54, 1.807) is 0 Å². The maximum absolute atomic E-state index is 12.1. The molecule has 2 N–H and O–H groups in total. The molecule has 0 unspecified atom stereocenters. The molecule has 1 heterocycles. The number of hydrogen-bond donors (Lipinski definition) is 2. The molecule has 0 spiro atoms. The van der Waals surface area contributed by atoms with E-state index in [1.165, 1.54) is 6.92 Å². The van der Waals surface area contributed by atoms with Gasteiger partial charge in [0.1, 0.15) is 0 Å². The number of nitrogens with one attached hydrogen (secondary N) is 2. The van der Waals surface area contributed by atoms with Crippen molar-refractivity contribution in [2.45, 2.75) is 13.1 Å². The van der Waals surface area contributed by atoms with Crippen molar-refractivity contribution in [2.75, 3.05) is 18.4 Å². The normalized spacial score (nSPS) is 11.2. The van der Waals surface area contributed by atoms with Gasteiger partial charge < -0.3 is 10.6 Å². The molecule has 9 heteroatoms. The van der Waals surface area contributed by atoms with Gasteiger partial charge in [-0.15, -0.1) is 10.2 Å². The van der Waals surface area contributed by atoms with Crippen molar-refractivity contribution in [3.63, 3.8) is 0 Å². The highest BCUT2D eigenvalue weighted by molar-refractivity contribution is 7.15. The van der Waals surface area contributed by atoms with Crippen molar-refractivity contribution < 1.29 is 18.0 Å². The third-order valence-corrected chi connectivity index (χ3v) is 2.37. The third kappa shape index (κ3) is 4.01. The summed E-state index contributed by atoms with van der Waals surface area (Å²) >= 11 is 0.428. The second-order valence-electron chi connectivity index (χ2n) is 2.82. The minimum Gasteiger partial charge on any atom is -0.358 e. The lowest BCUT2D eigenvalue weighted by Gasteiger charge is -2.02. The van der Waals surface area contributed by atoms with Crippen molar-refractivity contribution in [2.24, 2.45) is 0 Å². The number of carbonyl (C=O) groups is 1. The van der Waals surface area contributed by atoms with Gasteiger partial charge in [0.2, 0.25) is 16.0 Å². The summed E-state index contributed by atoms with van der Waals surface area (Å²) in [4.78, 5) is 10.5. The van der Waals surface area contributed by atoms with E-state index in [-0.39, 0.29) is 11.0 Å². The van der Waals surface area contributed by atoms with Gasteiger partial charge in [0.25, 0.3) is 0 Å². The molecule has 0 radical (unpaired) electrons. The zero-order chi connectivity index (χ0) is 12.2. The molecular formula is C7H9F3N4OS. The lowest BCUT2D eigenvalue weighted by molar-refractivity contribution is -0.138. The Morgan fingerprint density at radius 3 is 2.56 bits per heavy atom. The van der Waals surface area contributed by atoms with E-state index in [0.717, 1.165) is 0 Å². The first-order valence-corrected chi connectivity index (χ1v) is 5.10. The molecule has 16 heavy (non-hydrogen) atoms. The van der Waals surface area contributed by atoms with E-state index in [1.807, 2.05) is 0 Å². The Hall–Kier alpha value is -1.38. The molecule has 90 valence electrons. The van der Waals surface area contributed by atoms with Crippen LogP contribution in [0.5, 0.6) is 0 Å². The number of alkyl halides is 3. The van der Waals surface area contributed by atoms with E-state index in [9.17, 15) is 18.0 Å². The fraction of sp³-hybridized carbons (Fsp3) is 0.571. The molecule has 5 nitrogen and oxygen atoms in total. The van der Waals surface area contributed by atoms with Gasteiger partial charge in [-0.1, -0.05) is 11.3 Å². The molecule has 1 rings (SSSR count). The average molecular weight is 254 g/mol. The molecule has 0 aliphatic rings. The molecule has 1 aromatic rings.